The molecule has 1 aromatic rings. The van der Waals surface area contributed by atoms with Gasteiger partial charge in [-0.05, 0) is 68.1 Å². The van der Waals surface area contributed by atoms with Gasteiger partial charge in [0.05, 0.1) is 5.69 Å². The van der Waals surface area contributed by atoms with Crippen LogP contribution in [0.2, 0.25) is 0 Å². The molecule has 0 fully saturated rings. The SMILES string of the molecule is CCN(CC)CCCNc1c2c(c3[nH]c4ccc(OC(C)=O)c(OC(C)=O)c4cc-3c1=O)C(C)C1=C(CC(C)(C)CC1)O2. The number of nitrogens with one attached hydrogen (secondary N) is 2. The molecule has 0 spiro atoms. The number of allylic oxidation sites excluding steroid dienone is 2. The van der Waals surface area contributed by atoms with E-state index in [1.54, 1.807) is 18.2 Å². The first-order valence-electron chi connectivity index (χ1n) is 15.4. The summed E-state index contributed by atoms with van der Waals surface area (Å²) in [5.41, 5.74) is 4.37. The molecule has 0 amide bonds. The molecule has 9 heteroatoms. The quantitative estimate of drug-likeness (QED) is 0.125. The van der Waals surface area contributed by atoms with Gasteiger partial charge < -0.3 is 29.4 Å². The molecular weight excluding hydrogens is 546 g/mol. The van der Waals surface area contributed by atoms with Crippen molar-refractivity contribution in [2.75, 3.05) is 31.5 Å². The number of hydrogen-bond acceptors (Lipinski definition) is 8. The number of nitrogens with zero attached hydrogens (tertiary/aromatic N) is 1. The molecule has 2 aliphatic carbocycles. The molecule has 1 atom stereocenters. The highest BCUT2D eigenvalue weighted by Crippen LogP contribution is 2.53. The summed E-state index contributed by atoms with van der Waals surface area (Å²) in [5, 5.41) is 3.92. The maximum absolute atomic E-state index is 14.3. The average Bonchev–Trinajstić information content (AvgIpc) is 2.94. The molecule has 9 nitrogen and oxygen atoms in total. The summed E-state index contributed by atoms with van der Waals surface area (Å²) < 4.78 is 17.6. The number of anilines is 1. The van der Waals surface area contributed by atoms with Crippen molar-refractivity contribution < 1.29 is 23.8 Å². The van der Waals surface area contributed by atoms with Gasteiger partial charge in [-0.2, -0.15) is 0 Å². The number of esters is 2. The van der Waals surface area contributed by atoms with Gasteiger partial charge >= 0.3 is 11.9 Å². The zero-order chi connectivity index (χ0) is 31.1. The van der Waals surface area contributed by atoms with Crippen molar-refractivity contribution >= 4 is 28.5 Å². The number of benzene rings is 2. The van der Waals surface area contributed by atoms with Crippen LogP contribution >= 0.6 is 0 Å². The van der Waals surface area contributed by atoms with Gasteiger partial charge in [-0.15, -0.1) is 0 Å². The van der Waals surface area contributed by atoms with E-state index < -0.39 is 11.9 Å². The average molecular weight is 590 g/mol. The van der Waals surface area contributed by atoms with Crippen LogP contribution in [0.4, 0.5) is 5.69 Å². The Morgan fingerprint density at radius 2 is 1.86 bits per heavy atom. The van der Waals surface area contributed by atoms with Crippen LogP contribution in [0.1, 0.15) is 85.6 Å². The third-order valence-electron chi connectivity index (χ3n) is 8.79. The van der Waals surface area contributed by atoms with Gasteiger partial charge in [0, 0.05) is 54.8 Å². The van der Waals surface area contributed by atoms with Gasteiger partial charge in [-0.3, -0.25) is 14.4 Å². The Bertz CT molecular complexity index is 1630. The number of ether oxygens (including phenoxy) is 3. The van der Waals surface area contributed by atoms with E-state index in [2.05, 4.69) is 49.8 Å². The van der Waals surface area contributed by atoms with Crippen LogP contribution in [-0.2, 0) is 9.59 Å². The van der Waals surface area contributed by atoms with Gasteiger partial charge in [0.15, 0.2) is 17.2 Å². The van der Waals surface area contributed by atoms with Gasteiger partial charge in [0.2, 0.25) is 5.43 Å². The summed E-state index contributed by atoms with van der Waals surface area (Å²) in [6, 6.07) is 5.08. The summed E-state index contributed by atoms with van der Waals surface area (Å²) in [6.07, 6.45) is 3.70. The highest BCUT2D eigenvalue weighted by molar-refractivity contribution is 5.96. The number of rotatable bonds is 9. The predicted octanol–water partition coefficient (Wildman–Crippen LogP) is 6.59. The Kier molecular flexibility index (Phi) is 8.56. The maximum Gasteiger partial charge on any atom is 0.308 e. The van der Waals surface area contributed by atoms with Crippen molar-refractivity contribution in [2.45, 2.75) is 80.1 Å². The predicted molar refractivity (Wildman–Crippen MR) is 168 cm³/mol. The first kappa shape index (κ1) is 30.6. The lowest BCUT2D eigenvalue weighted by Crippen LogP contribution is -2.29. The highest BCUT2D eigenvalue weighted by atomic mass is 16.6. The van der Waals surface area contributed by atoms with Crippen molar-refractivity contribution in [3.8, 4) is 28.5 Å². The van der Waals surface area contributed by atoms with Crippen molar-refractivity contribution in [3.05, 3.63) is 45.3 Å². The minimum absolute atomic E-state index is 0.0381. The van der Waals surface area contributed by atoms with E-state index in [9.17, 15) is 14.4 Å². The van der Waals surface area contributed by atoms with Crippen molar-refractivity contribution in [1.82, 2.24) is 9.88 Å². The Balaban J connectivity index is 1.70. The van der Waals surface area contributed by atoms with E-state index in [1.807, 2.05) is 0 Å². The normalized spacial score (nSPS) is 17.4. The fourth-order valence-corrected chi connectivity index (χ4v) is 6.45. The second-order valence-electron chi connectivity index (χ2n) is 12.5. The van der Waals surface area contributed by atoms with E-state index in [1.165, 1.54) is 19.4 Å². The Morgan fingerprint density at radius 1 is 1.14 bits per heavy atom. The largest absolute Gasteiger partial charge is 0.459 e. The number of hydrogen-bond donors (Lipinski definition) is 2. The Morgan fingerprint density at radius 3 is 2.53 bits per heavy atom. The molecule has 0 aromatic heterocycles. The third-order valence-corrected chi connectivity index (χ3v) is 8.79. The topological polar surface area (TPSA) is 110 Å². The molecule has 4 aliphatic rings. The molecule has 0 bridgehead atoms. The summed E-state index contributed by atoms with van der Waals surface area (Å²) in [7, 11) is 0. The van der Waals surface area contributed by atoms with Crippen molar-refractivity contribution in [2.24, 2.45) is 5.41 Å². The molecule has 0 saturated carbocycles. The molecule has 1 unspecified atom stereocenters. The highest BCUT2D eigenvalue weighted by Gasteiger charge is 2.39. The standard InChI is InChI=1S/C34H43N3O6/c1-8-37(9-2)16-10-15-35-30-31(40)24-17-23-25(11-12-26(41-20(4)38)32(23)42-21(5)39)36-29(24)28-19(3)22-13-14-34(6,7)18-27(22)43-33(28)30/h11-12,17,19,35-36H,8-10,13-16,18H2,1-7H3. The number of aromatic nitrogens is 1. The number of H-pyrrole nitrogens is 1. The molecule has 0 saturated heterocycles. The fourth-order valence-electron chi connectivity index (χ4n) is 6.45. The van der Waals surface area contributed by atoms with Crippen LogP contribution in [0.3, 0.4) is 0 Å². The van der Waals surface area contributed by atoms with Crippen LogP contribution in [0, 0.1) is 5.41 Å². The smallest absolute Gasteiger partial charge is 0.308 e. The first-order valence-corrected chi connectivity index (χ1v) is 15.4. The maximum atomic E-state index is 14.3. The molecular formula is C34H43N3O6. The number of carbonyl (C=O) groups excluding carboxylic acids is 2. The van der Waals surface area contributed by atoms with Crippen LogP contribution in [-0.4, -0.2) is 48.0 Å². The monoisotopic (exact) mass is 589 g/mol. The molecule has 230 valence electrons. The second-order valence-corrected chi connectivity index (χ2v) is 12.5. The summed E-state index contributed by atoms with van der Waals surface area (Å²) >= 11 is 0. The zero-order valence-corrected chi connectivity index (χ0v) is 26.4. The number of fused-ring (bicyclic) bond motifs is 4. The van der Waals surface area contributed by atoms with Gasteiger partial charge in [-0.25, -0.2) is 0 Å². The minimum atomic E-state index is -0.564. The molecule has 2 heterocycles. The zero-order valence-electron chi connectivity index (χ0n) is 26.4. The van der Waals surface area contributed by atoms with E-state index in [0.29, 0.717) is 40.1 Å². The van der Waals surface area contributed by atoms with Crippen molar-refractivity contribution in [3.63, 3.8) is 0 Å². The van der Waals surface area contributed by atoms with Gasteiger partial charge in [-0.1, -0.05) is 34.6 Å². The van der Waals surface area contributed by atoms with Gasteiger partial charge in [0.25, 0.3) is 0 Å². The van der Waals surface area contributed by atoms with E-state index in [4.69, 9.17) is 14.2 Å². The molecule has 43 heavy (non-hydrogen) atoms. The second kappa shape index (κ2) is 12.0. The fraction of sp³-hybridized carbons (Fsp3) is 0.500. The minimum Gasteiger partial charge on any atom is -0.459 e. The van der Waals surface area contributed by atoms with E-state index >= 15 is 0 Å². The Hall–Kier alpha value is -3.85. The molecule has 0 radical (unpaired) electrons. The molecule has 1 aromatic carbocycles. The van der Waals surface area contributed by atoms with Crippen LogP contribution in [0.25, 0.3) is 22.2 Å². The molecule has 2 N–H and O–H groups in total. The lowest BCUT2D eigenvalue weighted by atomic mass is 9.72. The summed E-state index contributed by atoms with van der Waals surface area (Å²) in [6.45, 7) is 17.1. The number of pyridine rings is 1. The summed E-state index contributed by atoms with van der Waals surface area (Å²) in [5.74, 6) is 0.703. The van der Waals surface area contributed by atoms with Crippen LogP contribution in [0.5, 0.6) is 17.2 Å². The lowest BCUT2D eigenvalue weighted by Gasteiger charge is -2.39. The van der Waals surface area contributed by atoms with E-state index in [0.717, 1.165) is 56.6 Å². The summed E-state index contributed by atoms with van der Waals surface area (Å²) in [4.78, 5) is 44.0. The van der Waals surface area contributed by atoms with E-state index in [-0.39, 0.29) is 28.3 Å². The molecule has 2 aliphatic heterocycles. The van der Waals surface area contributed by atoms with Crippen LogP contribution in [0.15, 0.2) is 34.3 Å². The third kappa shape index (κ3) is 6.00. The van der Waals surface area contributed by atoms with Crippen molar-refractivity contribution in [1.29, 1.82) is 0 Å². The van der Waals surface area contributed by atoms with Gasteiger partial charge in [0.1, 0.15) is 11.4 Å². The molecule has 5 rings (SSSR count). The Labute approximate surface area is 252 Å². The lowest BCUT2D eigenvalue weighted by molar-refractivity contribution is -0.134. The van der Waals surface area contributed by atoms with Crippen LogP contribution < -0.4 is 25.0 Å². The number of carbonyl (C=O) groups is 2. The first-order chi connectivity index (χ1) is 20.4. The number of aromatic amines is 1.